The van der Waals surface area contributed by atoms with Crippen LogP contribution < -0.4 is 0 Å². The fraction of sp³-hybridized carbons (Fsp3) is 0.500. The number of benzene rings is 1. The van der Waals surface area contributed by atoms with Crippen LogP contribution in [0, 0.1) is 5.92 Å². The zero-order valence-corrected chi connectivity index (χ0v) is 14.6. The van der Waals surface area contributed by atoms with Crippen LogP contribution in [0.25, 0.3) is 0 Å². The largest absolute Gasteiger partial charge is 0.466 e. The predicted molar refractivity (Wildman–Crippen MR) is 91.0 cm³/mol. The second-order valence-electron chi connectivity index (χ2n) is 5.81. The van der Waals surface area contributed by atoms with Gasteiger partial charge in [0.1, 0.15) is 0 Å². The minimum absolute atomic E-state index is 0.0577. The molecule has 1 fully saturated rings. The Labute approximate surface area is 146 Å². The van der Waals surface area contributed by atoms with Crippen LogP contribution in [0.15, 0.2) is 24.3 Å². The number of piperidine rings is 1. The van der Waals surface area contributed by atoms with Crippen LogP contribution in [0.1, 0.15) is 43.0 Å². The highest BCUT2D eigenvalue weighted by atomic mass is 35.5. The molecule has 0 atom stereocenters. The summed E-state index contributed by atoms with van der Waals surface area (Å²) in [5.41, 5.74) is 0.452. The van der Waals surface area contributed by atoms with Crippen LogP contribution in [0.3, 0.4) is 0 Å². The van der Waals surface area contributed by atoms with Gasteiger partial charge in [-0.25, -0.2) is 0 Å². The summed E-state index contributed by atoms with van der Waals surface area (Å²) in [5.74, 6) is -0.495. The van der Waals surface area contributed by atoms with Crippen molar-refractivity contribution >= 4 is 29.3 Å². The van der Waals surface area contributed by atoms with E-state index >= 15 is 0 Å². The van der Waals surface area contributed by atoms with Crippen LogP contribution in [0.2, 0.25) is 5.02 Å². The average molecular weight is 352 g/mol. The van der Waals surface area contributed by atoms with E-state index in [4.69, 9.17) is 16.3 Å². The molecule has 1 aliphatic rings. The van der Waals surface area contributed by atoms with Crippen LogP contribution >= 0.6 is 11.6 Å². The Morgan fingerprint density at radius 3 is 2.46 bits per heavy atom. The van der Waals surface area contributed by atoms with Crippen LogP contribution in [-0.2, 0) is 14.3 Å². The summed E-state index contributed by atoms with van der Waals surface area (Å²) in [7, 11) is 0. The van der Waals surface area contributed by atoms with Gasteiger partial charge in [0.05, 0.1) is 17.5 Å². The number of Topliss-reactive ketones (excluding diaryl/α,β-unsaturated/α-hetero) is 1. The summed E-state index contributed by atoms with van der Waals surface area (Å²) in [6.45, 7) is 3.22. The molecule has 0 spiro atoms. The first-order chi connectivity index (χ1) is 11.5. The molecule has 1 aromatic rings. The number of ketones is 1. The van der Waals surface area contributed by atoms with E-state index in [9.17, 15) is 14.4 Å². The first-order valence-electron chi connectivity index (χ1n) is 8.25. The van der Waals surface area contributed by atoms with E-state index in [-0.39, 0.29) is 36.4 Å². The quantitative estimate of drug-likeness (QED) is 0.583. The van der Waals surface area contributed by atoms with Gasteiger partial charge < -0.3 is 9.64 Å². The van der Waals surface area contributed by atoms with Gasteiger partial charge >= 0.3 is 5.97 Å². The van der Waals surface area contributed by atoms with E-state index in [2.05, 4.69) is 0 Å². The lowest BCUT2D eigenvalue weighted by Crippen LogP contribution is -2.40. The molecule has 0 N–H and O–H groups in total. The van der Waals surface area contributed by atoms with Crippen molar-refractivity contribution in [1.29, 1.82) is 0 Å². The molecule has 1 heterocycles. The summed E-state index contributed by atoms with van der Waals surface area (Å²) < 4.78 is 5.02. The molecule has 0 aliphatic carbocycles. The number of carbonyl (C=O) groups is 3. The zero-order chi connectivity index (χ0) is 17.5. The fourth-order valence-electron chi connectivity index (χ4n) is 2.83. The van der Waals surface area contributed by atoms with Gasteiger partial charge in [-0.15, -0.1) is 0 Å². The molecule has 1 saturated heterocycles. The van der Waals surface area contributed by atoms with Gasteiger partial charge in [-0.3, -0.25) is 14.4 Å². The van der Waals surface area contributed by atoms with Gasteiger partial charge in [0.25, 0.3) is 0 Å². The fourth-order valence-corrected chi connectivity index (χ4v) is 3.07. The Balaban J connectivity index is 1.79. The lowest BCUT2D eigenvalue weighted by molar-refractivity contribution is -0.151. The molecule has 0 unspecified atom stereocenters. The smallest absolute Gasteiger partial charge is 0.309 e. The van der Waals surface area contributed by atoms with Crippen molar-refractivity contribution in [2.24, 2.45) is 5.92 Å². The molecule has 1 amide bonds. The molecule has 0 saturated carbocycles. The maximum absolute atomic E-state index is 12.2. The third kappa shape index (κ3) is 4.81. The Bertz CT molecular complexity index is 609. The molecule has 0 aromatic heterocycles. The first-order valence-corrected chi connectivity index (χ1v) is 8.62. The van der Waals surface area contributed by atoms with E-state index in [1.54, 1.807) is 36.1 Å². The Morgan fingerprint density at radius 2 is 1.83 bits per heavy atom. The number of ether oxygens (including phenoxy) is 1. The third-order valence-electron chi connectivity index (χ3n) is 4.21. The van der Waals surface area contributed by atoms with E-state index in [1.807, 2.05) is 0 Å². The Morgan fingerprint density at radius 1 is 1.17 bits per heavy atom. The summed E-state index contributed by atoms with van der Waals surface area (Å²) in [5, 5.41) is 0.408. The van der Waals surface area contributed by atoms with Crippen molar-refractivity contribution in [2.45, 2.75) is 32.6 Å². The zero-order valence-electron chi connectivity index (χ0n) is 13.8. The molecule has 24 heavy (non-hydrogen) atoms. The van der Waals surface area contributed by atoms with E-state index in [1.165, 1.54) is 0 Å². The van der Waals surface area contributed by atoms with Crippen molar-refractivity contribution in [3.8, 4) is 0 Å². The maximum atomic E-state index is 12.2. The van der Waals surface area contributed by atoms with Gasteiger partial charge in [0.15, 0.2) is 5.78 Å². The second kappa shape index (κ2) is 8.83. The van der Waals surface area contributed by atoms with Gasteiger partial charge in [-0.1, -0.05) is 23.7 Å². The van der Waals surface area contributed by atoms with Gasteiger partial charge in [-0.2, -0.15) is 0 Å². The number of hydrogen-bond acceptors (Lipinski definition) is 4. The lowest BCUT2D eigenvalue weighted by Gasteiger charge is -2.30. The summed E-state index contributed by atoms with van der Waals surface area (Å²) in [6, 6.07) is 6.84. The third-order valence-corrected chi connectivity index (χ3v) is 4.54. The molecular weight excluding hydrogens is 330 g/mol. The monoisotopic (exact) mass is 351 g/mol. The van der Waals surface area contributed by atoms with Crippen molar-refractivity contribution < 1.29 is 19.1 Å². The number of nitrogens with zero attached hydrogens (tertiary/aromatic N) is 1. The van der Waals surface area contributed by atoms with Crippen LogP contribution in [0.5, 0.6) is 0 Å². The molecule has 0 bridgehead atoms. The predicted octanol–water partition coefficient (Wildman–Crippen LogP) is 3.10. The molecule has 0 radical (unpaired) electrons. The SMILES string of the molecule is CCOC(=O)C1CCN(C(=O)CCC(=O)c2ccccc2Cl)CC1. The molecule has 2 rings (SSSR count). The highest BCUT2D eigenvalue weighted by Crippen LogP contribution is 2.21. The second-order valence-corrected chi connectivity index (χ2v) is 6.22. The number of hydrogen-bond donors (Lipinski definition) is 0. The highest BCUT2D eigenvalue weighted by molar-refractivity contribution is 6.34. The normalized spacial score (nSPS) is 15.2. The van der Waals surface area contributed by atoms with Crippen LogP contribution in [0.4, 0.5) is 0 Å². The van der Waals surface area contributed by atoms with Crippen molar-refractivity contribution in [2.75, 3.05) is 19.7 Å². The molecule has 6 heteroatoms. The molecule has 1 aliphatic heterocycles. The Kier molecular flexibility index (Phi) is 6.79. The lowest BCUT2D eigenvalue weighted by atomic mass is 9.96. The van der Waals surface area contributed by atoms with Gasteiger partial charge in [0.2, 0.25) is 5.91 Å². The van der Waals surface area contributed by atoms with E-state index in [0.717, 1.165) is 0 Å². The summed E-state index contributed by atoms with van der Waals surface area (Å²) in [6.07, 6.45) is 1.53. The highest BCUT2D eigenvalue weighted by Gasteiger charge is 2.28. The number of rotatable bonds is 6. The van der Waals surface area contributed by atoms with Crippen molar-refractivity contribution in [3.05, 3.63) is 34.9 Å². The standard InChI is InChI=1S/C18H22ClNO4/c1-2-24-18(23)13-9-11-20(12-10-13)17(22)8-7-16(21)14-5-3-4-6-15(14)19/h3-6,13H,2,7-12H2,1H3. The molecule has 1 aromatic carbocycles. The minimum atomic E-state index is -0.182. The average Bonchev–Trinajstić information content (AvgIpc) is 2.60. The van der Waals surface area contributed by atoms with E-state index in [0.29, 0.717) is 43.1 Å². The summed E-state index contributed by atoms with van der Waals surface area (Å²) in [4.78, 5) is 37.8. The number of halogens is 1. The number of likely N-dealkylation sites (tertiary alicyclic amines) is 1. The van der Waals surface area contributed by atoms with E-state index < -0.39 is 0 Å². The topological polar surface area (TPSA) is 63.7 Å². The number of carbonyl (C=O) groups excluding carboxylic acids is 3. The molecule has 5 nitrogen and oxygen atoms in total. The minimum Gasteiger partial charge on any atom is -0.466 e. The van der Waals surface area contributed by atoms with Gasteiger partial charge in [-0.05, 0) is 31.9 Å². The maximum Gasteiger partial charge on any atom is 0.309 e. The van der Waals surface area contributed by atoms with Crippen molar-refractivity contribution in [1.82, 2.24) is 4.90 Å². The van der Waals surface area contributed by atoms with Gasteiger partial charge in [0, 0.05) is 31.5 Å². The number of esters is 1. The first kappa shape index (κ1) is 18.5. The summed E-state index contributed by atoms with van der Waals surface area (Å²) >= 11 is 5.99. The van der Waals surface area contributed by atoms with Crippen molar-refractivity contribution in [3.63, 3.8) is 0 Å². The van der Waals surface area contributed by atoms with Crippen LogP contribution in [-0.4, -0.2) is 42.3 Å². The Hall–Kier alpha value is -1.88. The molecule has 130 valence electrons. The number of amides is 1. The molecular formula is C18H22ClNO4.